The van der Waals surface area contributed by atoms with E-state index in [4.69, 9.17) is 24.9 Å². The Morgan fingerprint density at radius 1 is 1.41 bits per heavy atom. The van der Waals surface area contributed by atoms with Gasteiger partial charge in [-0.1, -0.05) is 12.1 Å². The van der Waals surface area contributed by atoms with E-state index in [-0.39, 0.29) is 18.8 Å². The third-order valence-electron chi connectivity index (χ3n) is 3.13. The Labute approximate surface area is 99.6 Å². The van der Waals surface area contributed by atoms with Gasteiger partial charge in [-0.15, -0.1) is 0 Å². The Morgan fingerprint density at radius 2 is 2.29 bits per heavy atom. The summed E-state index contributed by atoms with van der Waals surface area (Å²) in [7, 11) is -0.477. The van der Waals surface area contributed by atoms with E-state index in [0.717, 1.165) is 16.8 Å². The Hall–Kier alpha value is -1.08. The van der Waals surface area contributed by atoms with Crippen molar-refractivity contribution < 1.29 is 19.2 Å². The Bertz CT molecular complexity index is 428. The van der Waals surface area contributed by atoms with Crippen LogP contribution in [-0.2, 0) is 9.31 Å². The van der Waals surface area contributed by atoms with Gasteiger partial charge in [-0.2, -0.15) is 0 Å². The fourth-order valence-electron chi connectivity index (χ4n) is 2.29. The molecule has 0 spiro atoms. The summed E-state index contributed by atoms with van der Waals surface area (Å²) < 4.78 is 17.0. The average molecular weight is 235 g/mol. The van der Waals surface area contributed by atoms with Gasteiger partial charge in [0.25, 0.3) is 0 Å². The molecule has 2 aliphatic rings. The lowest BCUT2D eigenvalue weighted by Crippen LogP contribution is -2.36. The molecule has 0 amide bonds. The van der Waals surface area contributed by atoms with E-state index in [9.17, 15) is 0 Å². The maximum Gasteiger partial charge on any atom is 0.498 e. The van der Waals surface area contributed by atoms with Crippen molar-refractivity contribution in [2.24, 2.45) is 5.73 Å². The second-order valence-corrected chi connectivity index (χ2v) is 4.20. The fourth-order valence-corrected chi connectivity index (χ4v) is 2.29. The van der Waals surface area contributed by atoms with E-state index in [0.29, 0.717) is 13.2 Å². The highest BCUT2D eigenvalue weighted by Crippen LogP contribution is 2.30. The van der Waals surface area contributed by atoms with Crippen molar-refractivity contribution >= 4 is 12.6 Å². The van der Waals surface area contributed by atoms with Gasteiger partial charge in [0.15, 0.2) is 0 Å². The van der Waals surface area contributed by atoms with Crippen molar-refractivity contribution in [3.63, 3.8) is 0 Å². The number of aliphatic hydroxyl groups is 1. The number of hydrogen-bond donors (Lipinski definition) is 2. The molecule has 6 heteroatoms. The Balaban J connectivity index is 2.02. The maximum absolute atomic E-state index is 9.16. The summed E-state index contributed by atoms with van der Waals surface area (Å²) in [5.41, 5.74) is 7.61. The molecule has 0 aliphatic carbocycles. The maximum atomic E-state index is 9.16. The monoisotopic (exact) mass is 235 g/mol. The van der Waals surface area contributed by atoms with Crippen LogP contribution < -0.4 is 15.9 Å². The van der Waals surface area contributed by atoms with Crippen molar-refractivity contribution in [2.45, 2.75) is 12.2 Å². The van der Waals surface area contributed by atoms with Crippen LogP contribution in [0.3, 0.4) is 0 Å². The summed E-state index contributed by atoms with van der Waals surface area (Å²) in [6.45, 7) is 0.649. The van der Waals surface area contributed by atoms with Gasteiger partial charge in [0.1, 0.15) is 18.5 Å². The Kier molecular flexibility index (Phi) is 2.80. The minimum Gasteiger partial charge on any atom is -0.491 e. The summed E-state index contributed by atoms with van der Waals surface area (Å²) in [5, 5.41) is 9.16. The number of aliphatic hydroxyl groups excluding tert-OH is 1. The smallest absolute Gasteiger partial charge is 0.491 e. The summed E-state index contributed by atoms with van der Waals surface area (Å²) in [6, 6.07) is 5.78. The van der Waals surface area contributed by atoms with Gasteiger partial charge >= 0.3 is 7.12 Å². The zero-order valence-corrected chi connectivity index (χ0v) is 9.33. The average Bonchev–Trinajstić information content (AvgIpc) is 2.61. The van der Waals surface area contributed by atoms with Crippen molar-refractivity contribution in [1.82, 2.24) is 0 Å². The summed E-state index contributed by atoms with van der Waals surface area (Å²) in [4.78, 5) is 0. The second kappa shape index (κ2) is 4.31. The van der Waals surface area contributed by atoms with E-state index in [1.807, 2.05) is 18.2 Å². The minimum absolute atomic E-state index is 0.0868. The molecule has 5 nitrogen and oxygen atoms in total. The van der Waals surface area contributed by atoms with Crippen LogP contribution in [0.5, 0.6) is 5.75 Å². The molecule has 0 bridgehead atoms. The molecule has 3 N–H and O–H groups in total. The van der Waals surface area contributed by atoms with Crippen molar-refractivity contribution in [3.05, 3.63) is 23.8 Å². The number of rotatable bonds is 2. The molecule has 2 heterocycles. The molecule has 0 radical (unpaired) electrons. The Morgan fingerprint density at radius 3 is 3.06 bits per heavy atom. The molecule has 0 saturated carbocycles. The van der Waals surface area contributed by atoms with Gasteiger partial charge in [-0.3, -0.25) is 0 Å². The van der Waals surface area contributed by atoms with Gasteiger partial charge < -0.3 is 24.9 Å². The zero-order valence-electron chi connectivity index (χ0n) is 9.33. The second-order valence-electron chi connectivity index (χ2n) is 4.20. The van der Waals surface area contributed by atoms with Crippen molar-refractivity contribution in [1.29, 1.82) is 0 Å². The molecule has 1 aromatic carbocycles. The normalized spacial score (nSPS) is 26.4. The van der Waals surface area contributed by atoms with Crippen LogP contribution in [0.25, 0.3) is 0 Å². The van der Waals surface area contributed by atoms with E-state index < -0.39 is 7.12 Å². The highest BCUT2D eigenvalue weighted by atomic mass is 16.6. The fraction of sp³-hybridized carbons (Fsp3) is 0.455. The largest absolute Gasteiger partial charge is 0.498 e. The number of hydrogen-bond acceptors (Lipinski definition) is 5. The molecule has 90 valence electrons. The van der Waals surface area contributed by atoms with E-state index >= 15 is 0 Å². The third kappa shape index (κ3) is 1.73. The van der Waals surface area contributed by atoms with Crippen LogP contribution in [0.4, 0.5) is 0 Å². The molecule has 17 heavy (non-hydrogen) atoms. The summed E-state index contributed by atoms with van der Waals surface area (Å²) >= 11 is 0. The summed E-state index contributed by atoms with van der Waals surface area (Å²) in [5.74, 6) is 0.763. The van der Waals surface area contributed by atoms with E-state index in [1.54, 1.807) is 0 Å². The predicted octanol–water partition coefficient (Wildman–Crippen LogP) is -0.818. The predicted molar refractivity (Wildman–Crippen MR) is 62.2 cm³/mol. The van der Waals surface area contributed by atoms with Crippen LogP contribution in [0.1, 0.15) is 11.7 Å². The van der Waals surface area contributed by atoms with Crippen LogP contribution in [0.15, 0.2) is 18.2 Å². The van der Waals surface area contributed by atoms with Gasteiger partial charge in [0.2, 0.25) is 0 Å². The van der Waals surface area contributed by atoms with Crippen molar-refractivity contribution in [3.8, 4) is 5.75 Å². The van der Waals surface area contributed by atoms with Crippen LogP contribution in [-0.4, -0.2) is 38.1 Å². The molecule has 0 fully saturated rings. The lowest BCUT2D eigenvalue weighted by atomic mass is 9.77. The summed E-state index contributed by atoms with van der Waals surface area (Å²) in [6.07, 6.45) is -0.521. The van der Waals surface area contributed by atoms with Crippen LogP contribution in [0, 0.1) is 0 Å². The number of nitrogens with two attached hydrogens (primary N) is 1. The molecule has 2 aliphatic heterocycles. The first-order valence-electron chi connectivity index (χ1n) is 5.71. The van der Waals surface area contributed by atoms with Gasteiger partial charge in [0.05, 0.1) is 12.7 Å². The molecule has 3 rings (SSSR count). The SMILES string of the molecule is NCC1OB2O[C@@H](CO)COc3cccc1c32. The molecular weight excluding hydrogens is 221 g/mol. The molecule has 0 saturated heterocycles. The highest BCUT2D eigenvalue weighted by Gasteiger charge is 2.42. The minimum atomic E-state index is -0.477. The highest BCUT2D eigenvalue weighted by molar-refractivity contribution is 6.64. The first-order chi connectivity index (χ1) is 8.33. The topological polar surface area (TPSA) is 73.9 Å². The number of ether oxygens (including phenoxy) is 1. The molecular formula is C11H14BNO4. The first kappa shape index (κ1) is 11.0. The van der Waals surface area contributed by atoms with Gasteiger partial charge in [-0.05, 0) is 11.6 Å². The molecule has 2 atom stereocenters. The van der Waals surface area contributed by atoms with Crippen LogP contribution in [0.2, 0.25) is 0 Å². The van der Waals surface area contributed by atoms with Gasteiger partial charge in [-0.25, -0.2) is 0 Å². The first-order valence-corrected chi connectivity index (χ1v) is 5.71. The molecule has 1 aromatic rings. The zero-order chi connectivity index (χ0) is 11.8. The lowest BCUT2D eigenvalue weighted by Gasteiger charge is -2.16. The standard InChI is InChI=1S/C11H14BNO4/c13-4-10-8-2-1-3-9-11(8)12(17-10)16-7(5-14)6-15-9/h1-3,7,10,14H,4-6,13H2/t7-,10?/m0/s1. The molecule has 0 aromatic heterocycles. The van der Waals surface area contributed by atoms with Crippen LogP contribution >= 0.6 is 0 Å². The molecule has 1 unspecified atom stereocenters. The lowest BCUT2D eigenvalue weighted by molar-refractivity contribution is 0.0498. The van der Waals surface area contributed by atoms with E-state index in [1.165, 1.54) is 0 Å². The van der Waals surface area contributed by atoms with E-state index in [2.05, 4.69) is 0 Å². The van der Waals surface area contributed by atoms with Gasteiger partial charge in [0, 0.05) is 12.0 Å². The van der Waals surface area contributed by atoms with Crippen molar-refractivity contribution in [2.75, 3.05) is 19.8 Å². The number of benzene rings is 1. The quantitative estimate of drug-likeness (QED) is 0.655. The third-order valence-corrected chi connectivity index (χ3v) is 3.13.